The van der Waals surface area contributed by atoms with E-state index in [4.69, 9.17) is 15.7 Å². The quantitative estimate of drug-likeness (QED) is 0.822. The molecule has 0 radical (unpaired) electrons. The lowest BCUT2D eigenvalue weighted by atomic mass is 10.1. The van der Waals surface area contributed by atoms with Gasteiger partial charge in [0.25, 0.3) is 6.43 Å². The van der Waals surface area contributed by atoms with Crippen molar-refractivity contribution in [1.29, 1.82) is 5.26 Å². The summed E-state index contributed by atoms with van der Waals surface area (Å²) in [5.74, 6) is -0.150. The fourth-order valence-electron chi connectivity index (χ4n) is 1.19. The smallest absolute Gasteiger partial charge is 0.268 e. The van der Waals surface area contributed by atoms with E-state index in [-0.39, 0.29) is 23.6 Å². The maximum Gasteiger partial charge on any atom is 0.268 e. The summed E-state index contributed by atoms with van der Waals surface area (Å²) in [7, 11) is 1.22. The van der Waals surface area contributed by atoms with Gasteiger partial charge in [-0.3, -0.25) is 4.98 Å². The fraction of sp³-hybridized carbons (Fsp3) is 0.333. The Balaban J connectivity index is 3.43. The molecular formula is C9H9F2N3O. The summed E-state index contributed by atoms with van der Waals surface area (Å²) in [6.07, 6.45) is -1.75. The Labute approximate surface area is 85.3 Å². The molecule has 1 rings (SSSR count). The molecule has 6 heteroatoms. The molecule has 0 spiro atoms. The molecule has 1 aromatic rings. The number of nitrogens with two attached hydrogens (primary N) is 1. The van der Waals surface area contributed by atoms with E-state index in [9.17, 15) is 8.78 Å². The van der Waals surface area contributed by atoms with Crippen LogP contribution in [0.5, 0.6) is 5.75 Å². The Kier molecular flexibility index (Phi) is 3.52. The van der Waals surface area contributed by atoms with Gasteiger partial charge in [-0.25, -0.2) is 8.78 Å². The van der Waals surface area contributed by atoms with Gasteiger partial charge < -0.3 is 10.5 Å². The third kappa shape index (κ3) is 2.02. The molecule has 0 fully saturated rings. The molecule has 0 bridgehead atoms. The standard InChI is InChI=1S/C9H9F2N3O/c1-15-8-5(2-12)7(3-13)14-4-6(8)9(10)11/h4,9H,3,13H2,1H3. The Hall–Kier alpha value is -1.74. The van der Waals surface area contributed by atoms with Gasteiger partial charge in [0.1, 0.15) is 17.4 Å². The molecule has 2 N–H and O–H groups in total. The molecular weight excluding hydrogens is 204 g/mol. The molecule has 1 heterocycles. The van der Waals surface area contributed by atoms with E-state index >= 15 is 0 Å². The fourth-order valence-corrected chi connectivity index (χ4v) is 1.19. The van der Waals surface area contributed by atoms with Crippen LogP contribution in [0.15, 0.2) is 6.20 Å². The number of methoxy groups -OCH3 is 1. The lowest BCUT2D eigenvalue weighted by Gasteiger charge is -2.10. The van der Waals surface area contributed by atoms with Crippen LogP contribution in [0.4, 0.5) is 8.78 Å². The first-order valence-electron chi connectivity index (χ1n) is 4.09. The second-order valence-electron chi connectivity index (χ2n) is 2.69. The van der Waals surface area contributed by atoms with Crippen molar-refractivity contribution < 1.29 is 13.5 Å². The lowest BCUT2D eigenvalue weighted by Crippen LogP contribution is -2.07. The highest BCUT2D eigenvalue weighted by Crippen LogP contribution is 2.32. The van der Waals surface area contributed by atoms with Crippen molar-refractivity contribution in [3.8, 4) is 11.8 Å². The zero-order valence-electron chi connectivity index (χ0n) is 8.00. The minimum absolute atomic E-state index is 0.00275. The van der Waals surface area contributed by atoms with Gasteiger partial charge in [0.05, 0.1) is 18.4 Å². The molecule has 0 atom stereocenters. The zero-order chi connectivity index (χ0) is 11.4. The Bertz CT molecular complexity index is 401. The van der Waals surface area contributed by atoms with Crippen molar-refractivity contribution in [3.05, 3.63) is 23.0 Å². The summed E-state index contributed by atoms with van der Waals surface area (Å²) in [5.41, 5.74) is 5.14. The number of pyridine rings is 1. The van der Waals surface area contributed by atoms with Gasteiger partial charge >= 0.3 is 0 Å². The number of alkyl halides is 2. The number of hydrogen-bond acceptors (Lipinski definition) is 4. The molecule has 0 saturated carbocycles. The highest BCUT2D eigenvalue weighted by atomic mass is 19.3. The Morgan fingerprint density at radius 1 is 1.67 bits per heavy atom. The Morgan fingerprint density at radius 3 is 2.73 bits per heavy atom. The van der Waals surface area contributed by atoms with Gasteiger partial charge in [0.15, 0.2) is 0 Å². The number of nitriles is 1. The van der Waals surface area contributed by atoms with Crippen LogP contribution in [-0.2, 0) is 6.54 Å². The minimum Gasteiger partial charge on any atom is -0.495 e. The van der Waals surface area contributed by atoms with E-state index < -0.39 is 12.0 Å². The van der Waals surface area contributed by atoms with Crippen molar-refractivity contribution in [3.63, 3.8) is 0 Å². The van der Waals surface area contributed by atoms with E-state index in [1.807, 2.05) is 0 Å². The molecule has 0 unspecified atom stereocenters. The monoisotopic (exact) mass is 213 g/mol. The minimum atomic E-state index is -2.73. The van der Waals surface area contributed by atoms with E-state index in [2.05, 4.69) is 4.98 Å². The first kappa shape index (κ1) is 11.3. The van der Waals surface area contributed by atoms with E-state index in [1.54, 1.807) is 6.07 Å². The van der Waals surface area contributed by atoms with Crippen molar-refractivity contribution in [1.82, 2.24) is 4.98 Å². The summed E-state index contributed by atoms with van der Waals surface area (Å²) in [6, 6.07) is 1.76. The van der Waals surface area contributed by atoms with Gasteiger partial charge in [-0.05, 0) is 0 Å². The van der Waals surface area contributed by atoms with Gasteiger partial charge in [0.2, 0.25) is 0 Å². The van der Waals surface area contributed by atoms with E-state index in [1.165, 1.54) is 7.11 Å². The molecule has 0 aliphatic rings. The molecule has 0 aromatic carbocycles. The number of halogens is 2. The molecule has 1 aromatic heterocycles. The molecule has 0 aliphatic carbocycles. The average molecular weight is 213 g/mol. The topological polar surface area (TPSA) is 71.9 Å². The van der Waals surface area contributed by atoms with Crippen molar-refractivity contribution in [2.45, 2.75) is 13.0 Å². The number of nitrogens with zero attached hydrogens (tertiary/aromatic N) is 2. The molecule has 15 heavy (non-hydrogen) atoms. The highest BCUT2D eigenvalue weighted by Gasteiger charge is 2.20. The molecule has 0 aliphatic heterocycles. The van der Waals surface area contributed by atoms with Crippen molar-refractivity contribution >= 4 is 0 Å². The number of hydrogen-bond donors (Lipinski definition) is 1. The Morgan fingerprint density at radius 2 is 2.33 bits per heavy atom. The first-order chi connectivity index (χ1) is 7.15. The highest BCUT2D eigenvalue weighted by molar-refractivity contribution is 5.50. The van der Waals surface area contributed by atoms with Crippen LogP contribution >= 0.6 is 0 Å². The van der Waals surface area contributed by atoms with Crippen LogP contribution < -0.4 is 10.5 Å². The van der Waals surface area contributed by atoms with Crippen molar-refractivity contribution in [2.75, 3.05) is 7.11 Å². The van der Waals surface area contributed by atoms with Crippen LogP contribution in [0.1, 0.15) is 23.2 Å². The van der Waals surface area contributed by atoms with E-state index in [0.29, 0.717) is 0 Å². The lowest BCUT2D eigenvalue weighted by molar-refractivity contribution is 0.146. The number of rotatable bonds is 3. The predicted octanol–water partition coefficient (Wildman–Crippen LogP) is 1.36. The maximum absolute atomic E-state index is 12.5. The maximum atomic E-state index is 12.5. The van der Waals surface area contributed by atoms with Crippen LogP contribution in [0.3, 0.4) is 0 Å². The van der Waals surface area contributed by atoms with Gasteiger partial charge in [0, 0.05) is 12.7 Å². The molecule has 0 saturated heterocycles. The van der Waals surface area contributed by atoms with Crippen LogP contribution in [0.25, 0.3) is 0 Å². The summed E-state index contributed by atoms with van der Waals surface area (Å²) < 4.78 is 29.8. The average Bonchev–Trinajstić information content (AvgIpc) is 2.26. The predicted molar refractivity (Wildman–Crippen MR) is 48.4 cm³/mol. The van der Waals surface area contributed by atoms with Gasteiger partial charge in [-0.1, -0.05) is 0 Å². The van der Waals surface area contributed by atoms with Crippen LogP contribution in [-0.4, -0.2) is 12.1 Å². The summed E-state index contributed by atoms with van der Waals surface area (Å²) >= 11 is 0. The summed E-state index contributed by atoms with van der Waals surface area (Å²) in [6.45, 7) is 0.00275. The van der Waals surface area contributed by atoms with Crippen LogP contribution in [0.2, 0.25) is 0 Å². The van der Waals surface area contributed by atoms with Crippen molar-refractivity contribution in [2.24, 2.45) is 5.73 Å². The second-order valence-corrected chi connectivity index (χ2v) is 2.69. The summed E-state index contributed by atoms with van der Waals surface area (Å²) in [5, 5.41) is 8.80. The summed E-state index contributed by atoms with van der Waals surface area (Å²) in [4.78, 5) is 3.69. The third-order valence-electron chi connectivity index (χ3n) is 1.88. The number of ether oxygens (including phenoxy) is 1. The first-order valence-corrected chi connectivity index (χ1v) is 4.09. The second kappa shape index (κ2) is 4.66. The largest absolute Gasteiger partial charge is 0.495 e. The molecule has 0 amide bonds. The number of aromatic nitrogens is 1. The zero-order valence-corrected chi connectivity index (χ0v) is 8.00. The molecule has 4 nitrogen and oxygen atoms in total. The SMILES string of the molecule is COc1c(C(F)F)cnc(CN)c1C#N. The third-order valence-corrected chi connectivity index (χ3v) is 1.88. The van der Waals surface area contributed by atoms with Gasteiger partial charge in [-0.2, -0.15) is 5.26 Å². The normalized spacial score (nSPS) is 10.1. The van der Waals surface area contributed by atoms with E-state index in [0.717, 1.165) is 6.20 Å². The van der Waals surface area contributed by atoms with Crippen LogP contribution in [0, 0.1) is 11.3 Å². The van der Waals surface area contributed by atoms with Gasteiger partial charge in [-0.15, -0.1) is 0 Å². The molecule has 80 valence electrons.